The average molecular weight is 569 g/mol. The van der Waals surface area contributed by atoms with Crippen LogP contribution in [0.3, 0.4) is 0 Å². The number of ether oxygens (including phenoxy) is 2. The zero-order chi connectivity index (χ0) is 28.6. The quantitative estimate of drug-likeness (QED) is 0.472. The summed E-state index contributed by atoms with van der Waals surface area (Å²) in [6, 6.07) is 8.15. The number of nitrogens with one attached hydrogen (secondary N) is 1. The first-order valence-electron chi connectivity index (χ1n) is 12.6. The fraction of sp³-hybridized carbons (Fsp3) is 0.481. The fourth-order valence-corrected chi connectivity index (χ4v) is 5.74. The fourth-order valence-electron chi connectivity index (χ4n) is 4.20. The molecule has 2 aliphatic rings. The molecule has 12 heteroatoms. The minimum absolute atomic E-state index is 0.0131. The van der Waals surface area contributed by atoms with E-state index in [1.54, 1.807) is 26.8 Å². The van der Waals surface area contributed by atoms with E-state index in [1.807, 2.05) is 0 Å². The maximum Gasteiger partial charge on any atom is 0.416 e. The van der Waals surface area contributed by atoms with Gasteiger partial charge in [0, 0.05) is 18.9 Å². The highest BCUT2D eigenvalue weighted by Gasteiger charge is 2.37. The van der Waals surface area contributed by atoms with Gasteiger partial charge in [0.15, 0.2) is 0 Å². The normalized spacial score (nSPS) is 17.7. The van der Waals surface area contributed by atoms with Crippen molar-refractivity contribution in [1.82, 2.24) is 5.32 Å². The number of carbonyl (C=O) groups excluding carboxylic acids is 2. The molecule has 1 fully saturated rings. The number of anilines is 1. The summed E-state index contributed by atoms with van der Waals surface area (Å²) in [4.78, 5) is 23.8. The van der Waals surface area contributed by atoms with Crippen molar-refractivity contribution in [3.8, 4) is 5.75 Å². The summed E-state index contributed by atoms with van der Waals surface area (Å²) in [6.45, 7) is 5.23. The number of fused-ring (bicyclic) bond motifs is 1. The summed E-state index contributed by atoms with van der Waals surface area (Å²) in [5, 5.41) is 2.81. The number of sulfonamides is 1. The molecular weight excluding hydrogens is 537 g/mol. The van der Waals surface area contributed by atoms with Crippen molar-refractivity contribution in [2.45, 2.75) is 69.2 Å². The SMILES string of the molecule is CC(C)(C)OC(=O)Cc1ccc2c(c1)N(S(=O)(=O)c1cccc(C(F)(F)F)c1)C[C@H](CCNC(=O)C1CC1)O2. The third-order valence-electron chi connectivity index (χ3n) is 6.19. The molecule has 2 aromatic rings. The molecule has 1 heterocycles. The number of alkyl halides is 3. The van der Waals surface area contributed by atoms with Crippen LogP contribution in [0.1, 0.15) is 51.2 Å². The molecule has 0 radical (unpaired) electrons. The highest BCUT2D eigenvalue weighted by molar-refractivity contribution is 7.92. The van der Waals surface area contributed by atoms with E-state index in [0.29, 0.717) is 11.6 Å². The van der Waals surface area contributed by atoms with Crippen molar-refractivity contribution in [3.63, 3.8) is 0 Å². The predicted octanol–water partition coefficient (Wildman–Crippen LogP) is 4.46. The van der Waals surface area contributed by atoms with Gasteiger partial charge >= 0.3 is 12.1 Å². The maximum absolute atomic E-state index is 13.7. The summed E-state index contributed by atoms with van der Waals surface area (Å²) in [5.74, 6) is -0.371. The summed E-state index contributed by atoms with van der Waals surface area (Å²) in [7, 11) is -4.46. The second kappa shape index (κ2) is 10.7. The summed E-state index contributed by atoms with van der Waals surface area (Å²) in [6.07, 6.45) is -3.57. The van der Waals surface area contributed by atoms with Crippen molar-refractivity contribution < 1.29 is 40.7 Å². The van der Waals surface area contributed by atoms with Crippen molar-refractivity contribution in [2.75, 3.05) is 17.4 Å². The Morgan fingerprint density at radius 3 is 2.46 bits per heavy atom. The van der Waals surface area contributed by atoms with Crippen molar-refractivity contribution in [1.29, 1.82) is 0 Å². The van der Waals surface area contributed by atoms with Gasteiger partial charge in [-0.1, -0.05) is 12.1 Å². The molecule has 1 amide bonds. The Morgan fingerprint density at radius 1 is 1.10 bits per heavy atom. The summed E-state index contributed by atoms with van der Waals surface area (Å²) in [5.41, 5.74) is -1.25. The van der Waals surface area contributed by atoms with E-state index in [0.717, 1.165) is 35.3 Å². The van der Waals surface area contributed by atoms with Gasteiger partial charge in [0.25, 0.3) is 10.0 Å². The molecule has 39 heavy (non-hydrogen) atoms. The van der Waals surface area contributed by atoms with Gasteiger partial charge in [0.1, 0.15) is 17.5 Å². The molecule has 8 nitrogen and oxygen atoms in total. The van der Waals surface area contributed by atoms with Gasteiger partial charge < -0.3 is 14.8 Å². The smallest absolute Gasteiger partial charge is 0.416 e. The Morgan fingerprint density at radius 2 is 1.82 bits per heavy atom. The molecule has 0 spiro atoms. The molecule has 212 valence electrons. The van der Waals surface area contributed by atoms with Gasteiger partial charge in [0.05, 0.1) is 29.1 Å². The van der Waals surface area contributed by atoms with Crippen LogP contribution < -0.4 is 14.4 Å². The van der Waals surface area contributed by atoms with Crippen LogP contribution in [0.15, 0.2) is 47.4 Å². The van der Waals surface area contributed by atoms with E-state index >= 15 is 0 Å². The molecule has 0 aromatic heterocycles. The lowest BCUT2D eigenvalue weighted by molar-refractivity contribution is -0.154. The third-order valence-corrected chi connectivity index (χ3v) is 7.96. The number of esters is 1. The largest absolute Gasteiger partial charge is 0.486 e. The standard InChI is InChI=1S/C27H31F3N2O6S/c1-26(2,3)38-24(33)14-17-7-10-23-22(13-17)32(16-20(37-23)11-12-31-25(34)18-8-9-18)39(35,36)21-6-4-5-19(15-21)27(28,29)30/h4-7,10,13,15,18,20H,8-9,11-12,14,16H2,1-3H3,(H,31,34)/t20-/m0/s1. The van der Waals surface area contributed by atoms with Crippen LogP contribution in [0.5, 0.6) is 5.75 Å². The van der Waals surface area contributed by atoms with E-state index in [-0.39, 0.29) is 49.2 Å². The minimum Gasteiger partial charge on any atom is -0.486 e. The number of carbonyl (C=O) groups is 2. The third kappa shape index (κ3) is 7.23. The first-order chi connectivity index (χ1) is 18.1. The van der Waals surface area contributed by atoms with E-state index < -0.39 is 44.3 Å². The predicted molar refractivity (Wildman–Crippen MR) is 137 cm³/mol. The molecule has 0 bridgehead atoms. The first kappa shape index (κ1) is 28.7. The summed E-state index contributed by atoms with van der Waals surface area (Å²) < 4.78 is 79.9. The molecule has 4 rings (SSSR count). The lowest BCUT2D eigenvalue weighted by Crippen LogP contribution is -2.45. The lowest BCUT2D eigenvalue weighted by atomic mass is 10.1. The van der Waals surface area contributed by atoms with E-state index in [4.69, 9.17) is 9.47 Å². The zero-order valence-corrected chi connectivity index (χ0v) is 22.7. The maximum atomic E-state index is 13.7. The summed E-state index contributed by atoms with van der Waals surface area (Å²) >= 11 is 0. The molecule has 0 unspecified atom stereocenters. The van der Waals surface area contributed by atoms with E-state index in [1.165, 1.54) is 12.1 Å². The van der Waals surface area contributed by atoms with Gasteiger partial charge in [0.2, 0.25) is 5.91 Å². The Kier molecular flexibility index (Phi) is 7.89. The Bertz CT molecular complexity index is 1350. The van der Waals surface area contributed by atoms with E-state index in [2.05, 4.69) is 5.32 Å². The topological polar surface area (TPSA) is 102 Å². The Balaban J connectivity index is 1.64. The number of rotatable bonds is 8. The van der Waals surface area contributed by atoms with E-state index in [9.17, 15) is 31.2 Å². The molecule has 1 aliphatic heterocycles. The van der Waals surface area contributed by atoms with Crippen molar-refractivity contribution in [3.05, 3.63) is 53.6 Å². The lowest BCUT2D eigenvalue weighted by Gasteiger charge is -2.36. The number of hydrogen-bond acceptors (Lipinski definition) is 6. The number of amides is 1. The van der Waals surface area contributed by atoms with Crippen LogP contribution in [0.2, 0.25) is 0 Å². The second-order valence-corrected chi connectivity index (χ2v) is 12.6. The molecule has 1 aliphatic carbocycles. The first-order valence-corrected chi connectivity index (χ1v) is 14.1. The van der Waals surface area contributed by atoms with Crippen LogP contribution in [0.25, 0.3) is 0 Å². The number of halogens is 3. The van der Waals surface area contributed by atoms with Crippen LogP contribution in [0.4, 0.5) is 18.9 Å². The monoisotopic (exact) mass is 568 g/mol. The molecule has 2 aromatic carbocycles. The van der Waals surface area contributed by atoms with Crippen molar-refractivity contribution >= 4 is 27.6 Å². The van der Waals surface area contributed by atoms with Crippen molar-refractivity contribution in [2.24, 2.45) is 5.92 Å². The molecule has 0 saturated heterocycles. The Labute approximate surface area is 225 Å². The van der Waals surface area contributed by atoms with Gasteiger partial charge in [-0.15, -0.1) is 0 Å². The average Bonchev–Trinajstić information content (AvgIpc) is 3.67. The highest BCUT2D eigenvalue weighted by Crippen LogP contribution is 2.39. The second-order valence-electron chi connectivity index (χ2n) is 10.7. The molecule has 1 atom stereocenters. The zero-order valence-electron chi connectivity index (χ0n) is 21.9. The molecule has 1 N–H and O–H groups in total. The van der Waals surface area contributed by atoms with Crippen LogP contribution in [0, 0.1) is 5.92 Å². The Hall–Kier alpha value is -3.28. The highest BCUT2D eigenvalue weighted by atomic mass is 32.2. The molecule has 1 saturated carbocycles. The van der Waals surface area contributed by atoms with Gasteiger partial charge in [-0.25, -0.2) is 8.42 Å². The van der Waals surface area contributed by atoms with Gasteiger partial charge in [-0.05, 0) is 69.5 Å². The number of nitrogens with zero attached hydrogens (tertiary/aromatic N) is 1. The minimum atomic E-state index is -4.72. The number of hydrogen-bond donors (Lipinski definition) is 1. The van der Waals surface area contributed by atoms with Gasteiger partial charge in [-0.2, -0.15) is 13.2 Å². The number of benzene rings is 2. The van der Waals surface area contributed by atoms with Crippen LogP contribution in [-0.2, 0) is 36.9 Å². The van der Waals surface area contributed by atoms with Gasteiger partial charge in [-0.3, -0.25) is 13.9 Å². The van der Waals surface area contributed by atoms with Crippen LogP contribution in [-0.4, -0.2) is 45.1 Å². The van der Waals surface area contributed by atoms with Crippen LogP contribution >= 0.6 is 0 Å². The molecular formula is C27H31F3N2O6S.